The number of nitrogens with one attached hydrogen (secondary N) is 2. The van der Waals surface area contributed by atoms with Gasteiger partial charge in [0.2, 0.25) is 5.91 Å². The van der Waals surface area contributed by atoms with E-state index in [2.05, 4.69) is 5.32 Å². The lowest BCUT2D eigenvalue weighted by Gasteiger charge is -2.18. The molecular formula is C17H24N4O4. The van der Waals surface area contributed by atoms with Gasteiger partial charge in [0.05, 0.1) is 25.0 Å². The number of carboxylic acids is 1. The summed E-state index contributed by atoms with van der Waals surface area (Å²) in [5, 5.41) is 20.5. The molecule has 5 N–H and O–H groups in total. The van der Waals surface area contributed by atoms with Crippen LogP contribution in [-0.2, 0) is 14.4 Å². The molecule has 0 radical (unpaired) electrons. The Morgan fingerprint density at radius 1 is 1.44 bits per heavy atom. The van der Waals surface area contributed by atoms with Crippen molar-refractivity contribution in [3.8, 4) is 0 Å². The first-order chi connectivity index (χ1) is 11.8. The minimum atomic E-state index is -0.946. The highest BCUT2D eigenvalue weighted by Gasteiger charge is 2.33. The van der Waals surface area contributed by atoms with Crippen LogP contribution in [-0.4, -0.2) is 47.1 Å². The summed E-state index contributed by atoms with van der Waals surface area (Å²) in [6.07, 6.45) is 0.453. The molecule has 2 rings (SSSR count). The van der Waals surface area contributed by atoms with Gasteiger partial charge in [-0.25, -0.2) is 0 Å². The lowest BCUT2D eigenvalue weighted by molar-refractivity contribution is -0.152. The third-order valence-corrected chi connectivity index (χ3v) is 4.15. The molecule has 0 unspecified atom stereocenters. The van der Waals surface area contributed by atoms with E-state index in [0.717, 1.165) is 5.56 Å². The Balaban J connectivity index is 1.91. The van der Waals surface area contributed by atoms with E-state index in [0.29, 0.717) is 12.0 Å². The monoisotopic (exact) mass is 348 g/mol. The summed E-state index contributed by atoms with van der Waals surface area (Å²) in [5.74, 6) is -1.15. The number of aliphatic carboxylic acids is 1. The van der Waals surface area contributed by atoms with Gasteiger partial charge in [-0.05, 0) is 18.9 Å². The van der Waals surface area contributed by atoms with E-state index in [1.807, 2.05) is 19.2 Å². The molecule has 25 heavy (non-hydrogen) atoms. The van der Waals surface area contributed by atoms with Crippen molar-refractivity contribution in [2.45, 2.75) is 44.4 Å². The normalized spacial score (nSPS) is 21.7. The van der Waals surface area contributed by atoms with Crippen molar-refractivity contribution in [2.75, 3.05) is 7.05 Å². The summed E-state index contributed by atoms with van der Waals surface area (Å²) in [6.45, 7) is 1.66. The number of benzene rings is 1. The Kier molecular flexibility index (Phi) is 6.11. The standard InChI is InChI=1S/C17H24N4O4/c1-10(7-16(23)24)20-15(22)9-13-8-14(21(2)25-13)11-3-5-12(6-4-11)17(18)19/h3-6,10,13-14H,7-9H2,1-2H3,(H3,18,19)(H,20,22)(H,23,24)/t10-,13+,14-/m1/s1. The lowest BCUT2D eigenvalue weighted by Crippen LogP contribution is -2.36. The quantitative estimate of drug-likeness (QED) is 0.430. The number of nitrogens with zero attached hydrogens (tertiary/aromatic N) is 1. The molecule has 1 fully saturated rings. The number of amidine groups is 1. The van der Waals surface area contributed by atoms with Gasteiger partial charge in [-0.15, -0.1) is 0 Å². The zero-order chi connectivity index (χ0) is 18.6. The molecule has 0 spiro atoms. The Bertz CT molecular complexity index is 647. The Labute approximate surface area is 146 Å². The topological polar surface area (TPSA) is 129 Å². The van der Waals surface area contributed by atoms with E-state index in [1.54, 1.807) is 24.1 Å². The van der Waals surface area contributed by atoms with Crippen LogP contribution in [0.2, 0.25) is 0 Å². The first-order valence-corrected chi connectivity index (χ1v) is 8.11. The first-order valence-electron chi connectivity index (χ1n) is 8.11. The number of rotatable bonds is 7. The van der Waals surface area contributed by atoms with Gasteiger partial charge in [-0.2, -0.15) is 5.06 Å². The second kappa shape index (κ2) is 8.09. The average Bonchev–Trinajstić information content (AvgIpc) is 2.86. The van der Waals surface area contributed by atoms with Crippen LogP contribution in [0.15, 0.2) is 24.3 Å². The molecule has 1 aromatic rings. The van der Waals surface area contributed by atoms with Crippen molar-refractivity contribution in [2.24, 2.45) is 5.73 Å². The predicted molar refractivity (Wildman–Crippen MR) is 91.9 cm³/mol. The van der Waals surface area contributed by atoms with E-state index < -0.39 is 12.0 Å². The highest BCUT2D eigenvalue weighted by Crippen LogP contribution is 2.34. The number of hydrogen-bond acceptors (Lipinski definition) is 5. The van der Waals surface area contributed by atoms with Gasteiger partial charge in [0, 0.05) is 18.7 Å². The number of carbonyl (C=O) groups is 2. The Morgan fingerprint density at radius 3 is 2.64 bits per heavy atom. The maximum Gasteiger partial charge on any atom is 0.305 e. The average molecular weight is 348 g/mol. The molecule has 0 saturated carbocycles. The van der Waals surface area contributed by atoms with Gasteiger partial charge in [-0.1, -0.05) is 24.3 Å². The number of nitrogen functional groups attached to an aromatic ring is 1. The molecule has 1 saturated heterocycles. The fraction of sp³-hybridized carbons (Fsp3) is 0.471. The summed E-state index contributed by atoms with van der Waals surface area (Å²) in [7, 11) is 1.81. The minimum absolute atomic E-state index is 0.00949. The highest BCUT2D eigenvalue weighted by molar-refractivity contribution is 5.94. The smallest absolute Gasteiger partial charge is 0.305 e. The van der Waals surface area contributed by atoms with Gasteiger partial charge in [0.15, 0.2) is 0 Å². The van der Waals surface area contributed by atoms with Crippen LogP contribution in [0.1, 0.15) is 43.4 Å². The van der Waals surface area contributed by atoms with Crippen molar-refractivity contribution in [1.82, 2.24) is 10.4 Å². The maximum atomic E-state index is 12.0. The highest BCUT2D eigenvalue weighted by atomic mass is 16.7. The molecule has 0 aliphatic carbocycles. The second-order valence-electron chi connectivity index (χ2n) is 6.33. The van der Waals surface area contributed by atoms with Crippen LogP contribution in [0, 0.1) is 5.41 Å². The third kappa shape index (κ3) is 5.27. The summed E-state index contributed by atoms with van der Waals surface area (Å²) >= 11 is 0. The summed E-state index contributed by atoms with van der Waals surface area (Å²) in [6, 6.07) is 6.98. The Morgan fingerprint density at radius 2 is 2.08 bits per heavy atom. The third-order valence-electron chi connectivity index (χ3n) is 4.15. The van der Waals surface area contributed by atoms with Crippen molar-refractivity contribution in [3.63, 3.8) is 0 Å². The number of carboxylic acid groups (broad SMARTS) is 1. The van der Waals surface area contributed by atoms with Gasteiger partial charge in [-0.3, -0.25) is 19.8 Å². The van der Waals surface area contributed by atoms with E-state index in [9.17, 15) is 9.59 Å². The van der Waals surface area contributed by atoms with E-state index in [4.69, 9.17) is 21.1 Å². The molecule has 8 heteroatoms. The molecule has 0 bridgehead atoms. The molecule has 1 amide bonds. The first kappa shape index (κ1) is 18.9. The predicted octanol–water partition coefficient (Wildman–Crippen LogP) is 1.02. The lowest BCUT2D eigenvalue weighted by atomic mass is 9.99. The van der Waals surface area contributed by atoms with Gasteiger partial charge in [0.1, 0.15) is 5.84 Å². The van der Waals surface area contributed by atoms with Gasteiger partial charge >= 0.3 is 5.97 Å². The largest absolute Gasteiger partial charge is 0.481 e. The number of carbonyl (C=O) groups excluding carboxylic acids is 1. The van der Waals surface area contributed by atoms with Crippen LogP contribution < -0.4 is 11.1 Å². The summed E-state index contributed by atoms with van der Waals surface area (Å²) in [4.78, 5) is 28.4. The molecule has 1 aliphatic heterocycles. The van der Waals surface area contributed by atoms with E-state index >= 15 is 0 Å². The molecule has 1 aromatic carbocycles. The summed E-state index contributed by atoms with van der Waals surface area (Å²) < 4.78 is 0. The van der Waals surface area contributed by atoms with E-state index in [-0.39, 0.29) is 36.7 Å². The number of hydrogen-bond donors (Lipinski definition) is 4. The molecular weight excluding hydrogens is 324 g/mol. The molecule has 0 aromatic heterocycles. The van der Waals surface area contributed by atoms with Crippen LogP contribution in [0.4, 0.5) is 0 Å². The summed E-state index contributed by atoms with van der Waals surface area (Å²) in [5.41, 5.74) is 7.14. The van der Waals surface area contributed by atoms with Crippen LogP contribution in [0.3, 0.4) is 0 Å². The molecule has 1 aliphatic rings. The molecule has 8 nitrogen and oxygen atoms in total. The second-order valence-corrected chi connectivity index (χ2v) is 6.33. The molecule has 1 heterocycles. The van der Waals surface area contributed by atoms with Crippen LogP contribution >= 0.6 is 0 Å². The molecule has 3 atom stereocenters. The fourth-order valence-electron chi connectivity index (χ4n) is 2.95. The fourth-order valence-corrected chi connectivity index (χ4v) is 2.95. The van der Waals surface area contributed by atoms with Crippen molar-refractivity contribution in [1.29, 1.82) is 5.41 Å². The number of amides is 1. The Hall–Kier alpha value is -2.45. The minimum Gasteiger partial charge on any atom is -0.481 e. The van der Waals surface area contributed by atoms with Crippen LogP contribution in [0.5, 0.6) is 0 Å². The zero-order valence-corrected chi connectivity index (χ0v) is 14.4. The van der Waals surface area contributed by atoms with Gasteiger partial charge in [0.25, 0.3) is 0 Å². The molecule has 136 valence electrons. The zero-order valence-electron chi connectivity index (χ0n) is 14.4. The number of hydroxylamine groups is 2. The van der Waals surface area contributed by atoms with Gasteiger partial charge < -0.3 is 16.2 Å². The van der Waals surface area contributed by atoms with Crippen molar-refractivity contribution < 1.29 is 19.5 Å². The SMILES string of the molecule is C[C@H](CC(=O)O)NC(=O)C[C@@H]1C[C@H](c2ccc(C(=N)N)cc2)N(C)O1. The number of nitrogens with two attached hydrogens (primary N) is 1. The van der Waals surface area contributed by atoms with Crippen molar-refractivity contribution >= 4 is 17.7 Å². The maximum absolute atomic E-state index is 12.0. The van der Waals surface area contributed by atoms with Crippen LogP contribution in [0.25, 0.3) is 0 Å². The van der Waals surface area contributed by atoms with Crippen molar-refractivity contribution in [3.05, 3.63) is 35.4 Å². The van der Waals surface area contributed by atoms with E-state index in [1.165, 1.54) is 0 Å².